The quantitative estimate of drug-likeness (QED) is 0.768. The van der Waals surface area contributed by atoms with Gasteiger partial charge >= 0.3 is 6.03 Å². The van der Waals surface area contributed by atoms with E-state index in [9.17, 15) is 9.59 Å². The Morgan fingerprint density at radius 3 is 2.82 bits per heavy atom. The lowest BCUT2D eigenvalue weighted by Gasteiger charge is -2.18. The molecule has 2 atom stereocenters. The normalized spacial score (nSPS) is 18.8. The lowest BCUT2D eigenvalue weighted by molar-refractivity contribution is -0.119. The molecule has 2 aromatic heterocycles. The number of rotatable bonds is 6. The van der Waals surface area contributed by atoms with Crippen molar-refractivity contribution in [2.75, 3.05) is 26.7 Å². The van der Waals surface area contributed by atoms with Gasteiger partial charge in [0, 0.05) is 63.5 Å². The number of ether oxygens (including phenoxy) is 1. The molecular formula is C19H26N6O3. The molecule has 1 aliphatic heterocycles. The van der Waals surface area contributed by atoms with Gasteiger partial charge in [-0.3, -0.25) is 9.78 Å². The Kier molecular flexibility index (Phi) is 6.13. The molecule has 0 aliphatic carbocycles. The molecule has 0 saturated carbocycles. The van der Waals surface area contributed by atoms with E-state index in [0.29, 0.717) is 31.1 Å². The molecule has 9 heteroatoms. The first-order chi connectivity index (χ1) is 13.5. The average Bonchev–Trinajstić information content (AvgIpc) is 3.30. The molecule has 9 nitrogen and oxygen atoms in total. The molecular weight excluding hydrogens is 360 g/mol. The van der Waals surface area contributed by atoms with Gasteiger partial charge in [-0.15, -0.1) is 0 Å². The highest BCUT2D eigenvalue weighted by Gasteiger charge is 2.37. The lowest BCUT2D eigenvalue weighted by atomic mass is 9.93. The van der Waals surface area contributed by atoms with Crippen LogP contribution in [-0.2, 0) is 18.4 Å². The Balaban J connectivity index is 1.67. The van der Waals surface area contributed by atoms with Gasteiger partial charge in [-0.2, -0.15) is 0 Å². The summed E-state index contributed by atoms with van der Waals surface area (Å²) < 4.78 is 7.24. The van der Waals surface area contributed by atoms with E-state index >= 15 is 0 Å². The maximum Gasteiger partial charge on any atom is 0.317 e. The van der Waals surface area contributed by atoms with E-state index in [0.717, 1.165) is 5.69 Å². The summed E-state index contributed by atoms with van der Waals surface area (Å²) in [5, 5.41) is 5.79. The monoisotopic (exact) mass is 386 g/mol. The van der Waals surface area contributed by atoms with Gasteiger partial charge in [0.1, 0.15) is 11.4 Å². The summed E-state index contributed by atoms with van der Waals surface area (Å²) in [6.07, 6.45) is 5.24. The van der Waals surface area contributed by atoms with Gasteiger partial charge in [0.2, 0.25) is 5.91 Å². The zero-order chi connectivity index (χ0) is 20.1. The molecule has 2 N–H and O–H groups in total. The van der Waals surface area contributed by atoms with Crippen LogP contribution >= 0.6 is 0 Å². The number of aryl methyl sites for hydroxylation is 1. The summed E-state index contributed by atoms with van der Waals surface area (Å²) in [7, 11) is 3.52. The van der Waals surface area contributed by atoms with E-state index in [4.69, 9.17) is 4.74 Å². The van der Waals surface area contributed by atoms with Crippen LogP contribution in [0.5, 0.6) is 5.75 Å². The molecule has 3 amide bonds. The van der Waals surface area contributed by atoms with E-state index < -0.39 is 0 Å². The third-order valence-corrected chi connectivity index (χ3v) is 5.05. The van der Waals surface area contributed by atoms with Crippen LogP contribution in [0.3, 0.4) is 0 Å². The number of carbonyl (C=O) groups is 2. The molecule has 1 saturated heterocycles. The number of methoxy groups -OCH3 is 1. The summed E-state index contributed by atoms with van der Waals surface area (Å²) >= 11 is 0. The predicted octanol–water partition coefficient (Wildman–Crippen LogP) is 0.885. The first-order valence-corrected chi connectivity index (χ1v) is 9.21. The average molecular weight is 386 g/mol. The van der Waals surface area contributed by atoms with Crippen molar-refractivity contribution in [3.8, 4) is 5.75 Å². The maximum absolute atomic E-state index is 12.7. The third kappa shape index (κ3) is 4.41. The Bertz CT molecular complexity index is 837. The van der Waals surface area contributed by atoms with Crippen molar-refractivity contribution in [2.24, 2.45) is 13.0 Å². The fraction of sp³-hybridized carbons (Fsp3) is 0.474. The lowest BCUT2D eigenvalue weighted by Crippen LogP contribution is -2.39. The van der Waals surface area contributed by atoms with Gasteiger partial charge in [-0.05, 0) is 12.1 Å². The van der Waals surface area contributed by atoms with Crippen molar-refractivity contribution < 1.29 is 14.3 Å². The van der Waals surface area contributed by atoms with Crippen LogP contribution in [0.4, 0.5) is 4.79 Å². The standard InChI is InChI=1S/C19H26N6O3/c1-13(26)22-7-14-10-25(11-15(14)17-9-20-12-24(17)2)19(27)23-8-16-18(28-3)5-4-6-21-16/h4-6,9,12,14-15H,7-8,10-11H2,1-3H3,(H,22,26)(H,23,27)/t14-,15-/m1/s1. The van der Waals surface area contributed by atoms with Gasteiger partial charge in [0.25, 0.3) is 0 Å². The van der Waals surface area contributed by atoms with Crippen LogP contribution in [0.2, 0.25) is 0 Å². The molecule has 28 heavy (non-hydrogen) atoms. The highest BCUT2D eigenvalue weighted by atomic mass is 16.5. The van der Waals surface area contributed by atoms with Crippen molar-refractivity contribution in [2.45, 2.75) is 19.4 Å². The molecule has 3 heterocycles. The van der Waals surface area contributed by atoms with Crippen molar-refractivity contribution in [1.82, 2.24) is 30.1 Å². The molecule has 0 bridgehead atoms. The number of imidazole rings is 1. The third-order valence-electron chi connectivity index (χ3n) is 5.05. The largest absolute Gasteiger partial charge is 0.495 e. The Labute approximate surface area is 164 Å². The van der Waals surface area contributed by atoms with Gasteiger partial charge < -0.3 is 24.8 Å². The number of likely N-dealkylation sites (tertiary alicyclic amines) is 1. The van der Waals surface area contributed by atoms with Gasteiger partial charge in [0.15, 0.2) is 0 Å². The number of nitrogens with zero attached hydrogens (tertiary/aromatic N) is 4. The predicted molar refractivity (Wildman–Crippen MR) is 103 cm³/mol. The number of nitrogens with one attached hydrogen (secondary N) is 2. The van der Waals surface area contributed by atoms with Gasteiger partial charge in [0.05, 0.1) is 20.0 Å². The number of hydrogen-bond donors (Lipinski definition) is 2. The summed E-state index contributed by atoms with van der Waals surface area (Å²) in [5.41, 5.74) is 1.73. The number of pyridine rings is 1. The number of urea groups is 1. The minimum atomic E-state index is -0.162. The van der Waals surface area contributed by atoms with E-state index in [1.807, 2.05) is 23.9 Å². The zero-order valence-electron chi connectivity index (χ0n) is 16.4. The number of carbonyl (C=O) groups excluding carboxylic acids is 2. The molecule has 2 aromatic rings. The Morgan fingerprint density at radius 2 is 2.14 bits per heavy atom. The molecule has 1 fully saturated rings. The molecule has 0 spiro atoms. The minimum absolute atomic E-state index is 0.0751. The highest BCUT2D eigenvalue weighted by molar-refractivity contribution is 5.75. The minimum Gasteiger partial charge on any atom is -0.495 e. The molecule has 0 unspecified atom stereocenters. The second-order valence-corrected chi connectivity index (χ2v) is 6.95. The summed E-state index contributed by atoms with van der Waals surface area (Å²) in [4.78, 5) is 34.3. The van der Waals surface area contributed by atoms with Gasteiger partial charge in [-0.1, -0.05) is 0 Å². The van der Waals surface area contributed by atoms with E-state index in [1.165, 1.54) is 6.92 Å². The first-order valence-electron chi connectivity index (χ1n) is 9.21. The summed E-state index contributed by atoms with van der Waals surface area (Å²) in [6, 6.07) is 3.44. The molecule has 3 rings (SSSR count). The highest BCUT2D eigenvalue weighted by Crippen LogP contribution is 2.32. The van der Waals surface area contributed by atoms with Crippen LogP contribution in [-0.4, -0.2) is 58.1 Å². The van der Waals surface area contributed by atoms with E-state index in [-0.39, 0.29) is 30.3 Å². The molecule has 150 valence electrons. The topological polar surface area (TPSA) is 101 Å². The van der Waals surface area contributed by atoms with Crippen molar-refractivity contribution in [3.05, 3.63) is 42.2 Å². The Hall–Kier alpha value is -3.10. The van der Waals surface area contributed by atoms with Crippen molar-refractivity contribution >= 4 is 11.9 Å². The first kappa shape index (κ1) is 19.7. The van der Waals surface area contributed by atoms with Crippen LogP contribution in [0.25, 0.3) is 0 Å². The maximum atomic E-state index is 12.7. The fourth-order valence-electron chi connectivity index (χ4n) is 3.59. The number of aromatic nitrogens is 3. The van der Waals surface area contributed by atoms with Crippen LogP contribution in [0, 0.1) is 5.92 Å². The smallest absolute Gasteiger partial charge is 0.317 e. The zero-order valence-corrected chi connectivity index (χ0v) is 16.4. The second-order valence-electron chi connectivity index (χ2n) is 6.95. The summed E-state index contributed by atoms with van der Waals surface area (Å²) in [5.74, 6) is 0.790. The molecule has 0 aromatic carbocycles. The van der Waals surface area contributed by atoms with E-state index in [1.54, 1.807) is 30.6 Å². The Morgan fingerprint density at radius 1 is 1.32 bits per heavy atom. The van der Waals surface area contributed by atoms with Gasteiger partial charge in [-0.25, -0.2) is 9.78 Å². The number of amides is 3. The van der Waals surface area contributed by atoms with Crippen LogP contribution in [0.1, 0.15) is 24.2 Å². The molecule has 0 radical (unpaired) electrons. The summed E-state index contributed by atoms with van der Waals surface area (Å²) in [6.45, 7) is 3.42. The number of hydrogen-bond acceptors (Lipinski definition) is 5. The van der Waals surface area contributed by atoms with Crippen molar-refractivity contribution in [1.29, 1.82) is 0 Å². The second kappa shape index (κ2) is 8.73. The van der Waals surface area contributed by atoms with Crippen LogP contribution in [0.15, 0.2) is 30.9 Å². The molecule has 1 aliphatic rings. The fourth-order valence-corrected chi connectivity index (χ4v) is 3.59. The van der Waals surface area contributed by atoms with Crippen molar-refractivity contribution in [3.63, 3.8) is 0 Å². The van der Waals surface area contributed by atoms with E-state index in [2.05, 4.69) is 20.6 Å². The SMILES string of the molecule is COc1cccnc1CNC(=O)N1C[C@@H](CNC(C)=O)[C@H](c2cncn2C)C1. The van der Waals surface area contributed by atoms with Crippen LogP contribution < -0.4 is 15.4 Å².